The van der Waals surface area contributed by atoms with Crippen molar-refractivity contribution in [2.75, 3.05) is 18.5 Å². The van der Waals surface area contributed by atoms with Gasteiger partial charge in [-0.1, -0.05) is 6.07 Å². The number of carbonyl (C=O) groups is 1. The van der Waals surface area contributed by atoms with Crippen molar-refractivity contribution in [1.82, 2.24) is 0 Å². The van der Waals surface area contributed by atoms with Crippen molar-refractivity contribution in [1.29, 1.82) is 0 Å². The van der Waals surface area contributed by atoms with Crippen LogP contribution in [0.1, 0.15) is 25.7 Å². The van der Waals surface area contributed by atoms with Crippen LogP contribution in [0.15, 0.2) is 24.3 Å². The maximum Gasteiger partial charge on any atom is 0.250 e. The molecule has 0 bridgehead atoms. The minimum Gasteiger partial charge on any atom is -0.396 e. The molecule has 0 unspecified atom stereocenters. The van der Waals surface area contributed by atoms with E-state index >= 15 is 0 Å². The molecule has 4 nitrogen and oxygen atoms in total. The first kappa shape index (κ1) is 14.9. The lowest BCUT2D eigenvalue weighted by atomic mass is 9.88. The summed E-state index contributed by atoms with van der Waals surface area (Å²) in [4.78, 5) is 11.7. The van der Waals surface area contributed by atoms with E-state index in [0.717, 1.165) is 25.7 Å². The predicted octanol–water partition coefficient (Wildman–Crippen LogP) is 2.33. The van der Waals surface area contributed by atoms with E-state index in [4.69, 9.17) is 9.84 Å². The van der Waals surface area contributed by atoms with Crippen molar-refractivity contribution in [2.24, 2.45) is 5.92 Å². The van der Waals surface area contributed by atoms with Crippen LogP contribution in [0.2, 0.25) is 0 Å². The van der Waals surface area contributed by atoms with Gasteiger partial charge in [-0.05, 0) is 49.8 Å². The van der Waals surface area contributed by atoms with Crippen LogP contribution in [-0.4, -0.2) is 30.3 Å². The molecule has 20 heavy (non-hydrogen) atoms. The SMILES string of the molecule is O=C(COC1CCC(CO)CC1)Nc1cccc(F)c1. The minimum absolute atomic E-state index is 0.0228. The average Bonchev–Trinajstić information content (AvgIpc) is 2.46. The number of halogens is 1. The van der Waals surface area contributed by atoms with E-state index in [1.54, 1.807) is 12.1 Å². The van der Waals surface area contributed by atoms with Gasteiger partial charge in [0.25, 0.3) is 0 Å². The van der Waals surface area contributed by atoms with E-state index in [9.17, 15) is 9.18 Å². The molecule has 0 atom stereocenters. The van der Waals surface area contributed by atoms with Crippen LogP contribution in [0.5, 0.6) is 0 Å². The topological polar surface area (TPSA) is 58.6 Å². The van der Waals surface area contributed by atoms with E-state index < -0.39 is 0 Å². The summed E-state index contributed by atoms with van der Waals surface area (Å²) in [7, 11) is 0. The van der Waals surface area contributed by atoms with Gasteiger partial charge in [0.15, 0.2) is 0 Å². The van der Waals surface area contributed by atoms with Crippen LogP contribution in [0.3, 0.4) is 0 Å². The highest BCUT2D eigenvalue weighted by atomic mass is 19.1. The second kappa shape index (κ2) is 7.36. The van der Waals surface area contributed by atoms with Gasteiger partial charge in [0.05, 0.1) is 6.10 Å². The van der Waals surface area contributed by atoms with Gasteiger partial charge in [-0.3, -0.25) is 4.79 Å². The zero-order valence-corrected chi connectivity index (χ0v) is 11.3. The maximum absolute atomic E-state index is 13.0. The smallest absolute Gasteiger partial charge is 0.250 e. The molecule has 1 aromatic rings. The number of benzene rings is 1. The third kappa shape index (κ3) is 4.58. The van der Waals surface area contributed by atoms with E-state index in [1.165, 1.54) is 12.1 Å². The third-order valence-electron chi connectivity index (χ3n) is 3.61. The maximum atomic E-state index is 13.0. The van der Waals surface area contributed by atoms with E-state index in [2.05, 4.69) is 5.32 Å². The van der Waals surface area contributed by atoms with Crippen molar-refractivity contribution in [3.05, 3.63) is 30.1 Å². The molecule has 2 rings (SSSR count). The fourth-order valence-corrected chi connectivity index (χ4v) is 2.44. The summed E-state index contributed by atoms with van der Waals surface area (Å²) in [5.74, 6) is -0.290. The fraction of sp³-hybridized carbons (Fsp3) is 0.533. The number of amides is 1. The highest BCUT2D eigenvalue weighted by Gasteiger charge is 2.21. The molecule has 0 heterocycles. The van der Waals surface area contributed by atoms with Crippen molar-refractivity contribution in [3.8, 4) is 0 Å². The van der Waals surface area contributed by atoms with Crippen LogP contribution in [-0.2, 0) is 9.53 Å². The van der Waals surface area contributed by atoms with Gasteiger partial charge >= 0.3 is 0 Å². The van der Waals surface area contributed by atoms with Crippen LogP contribution in [0.25, 0.3) is 0 Å². The highest BCUT2D eigenvalue weighted by Crippen LogP contribution is 2.25. The first-order chi connectivity index (χ1) is 9.67. The Hall–Kier alpha value is -1.46. The molecule has 2 N–H and O–H groups in total. The number of aliphatic hydroxyl groups excluding tert-OH is 1. The molecule has 0 aromatic heterocycles. The Labute approximate surface area is 117 Å². The molecule has 1 aliphatic carbocycles. The Morgan fingerprint density at radius 1 is 1.35 bits per heavy atom. The predicted molar refractivity (Wildman–Crippen MR) is 73.8 cm³/mol. The quantitative estimate of drug-likeness (QED) is 0.871. The molecule has 1 amide bonds. The monoisotopic (exact) mass is 281 g/mol. The number of ether oxygens (including phenoxy) is 1. The molecule has 1 saturated carbocycles. The number of carbonyl (C=O) groups excluding carboxylic acids is 1. The second-order valence-corrected chi connectivity index (χ2v) is 5.19. The molecule has 0 radical (unpaired) electrons. The van der Waals surface area contributed by atoms with Gasteiger partial charge in [-0.25, -0.2) is 4.39 Å². The van der Waals surface area contributed by atoms with Crippen molar-refractivity contribution >= 4 is 11.6 Å². The normalized spacial score (nSPS) is 22.5. The summed E-state index contributed by atoms with van der Waals surface area (Å²) in [6.45, 7) is 0.206. The zero-order valence-electron chi connectivity index (χ0n) is 11.3. The Kier molecular flexibility index (Phi) is 5.49. The molecule has 0 saturated heterocycles. The number of hydrogen-bond acceptors (Lipinski definition) is 3. The Balaban J connectivity index is 1.70. The summed E-state index contributed by atoms with van der Waals surface area (Å²) in [5, 5.41) is 11.6. The summed E-state index contributed by atoms with van der Waals surface area (Å²) >= 11 is 0. The van der Waals surface area contributed by atoms with Gasteiger partial charge in [-0.2, -0.15) is 0 Å². The number of rotatable bonds is 5. The largest absolute Gasteiger partial charge is 0.396 e. The number of hydrogen-bond donors (Lipinski definition) is 2. The lowest BCUT2D eigenvalue weighted by Crippen LogP contribution is -2.27. The Morgan fingerprint density at radius 2 is 2.10 bits per heavy atom. The highest BCUT2D eigenvalue weighted by molar-refractivity contribution is 5.91. The fourth-order valence-electron chi connectivity index (χ4n) is 2.44. The first-order valence-corrected chi connectivity index (χ1v) is 6.95. The Morgan fingerprint density at radius 3 is 2.75 bits per heavy atom. The number of anilines is 1. The summed E-state index contributed by atoms with van der Waals surface area (Å²) in [6.07, 6.45) is 3.70. The van der Waals surface area contributed by atoms with Gasteiger partial charge in [0, 0.05) is 12.3 Å². The number of nitrogens with one attached hydrogen (secondary N) is 1. The molecule has 5 heteroatoms. The molecular weight excluding hydrogens is 261 g/mol. The van der Waals surface area contributed by atoms with Crippen LogP contribution >= 0.6 is 0 Å². The summed E-state index contributed by atoms with van der Waals surface area (Å²) in [6, 6.07) is 5.77. The van der Waals surface area contributed by atoms with E-state index in [0.29, 0.717) is 11.6 Å². The second-order valence-electron chi connectivity index (χ2n) is 5.19. The van der Waals surface area contributed by atoms with Gasteiger partial charge in [0.2, 0.25) is 5.91 Å². The molecule has 0 spiro atoms. The third-order valence-corrected chi connectivity index (χ3v) is 3.61. The lowest BCUT2D eigenvalue weighted by molar-refractivity contribution is -0.123. The standard InChI is InChI=1S/C15H20FNO3/c16-12-2-1-3-13(8-12)17-15(19)10-20-14-6-4-11(9-18)5-7-14/h1-3,8,11,14,18H,4-7,9-10H2,(H,17,19). The molecule has 0 aliphatic heterocycles. The first-order valence-electron chi connectivity index (χ1n) is 6.95. The summed E-state index contributed by atoms with van der Waals surface area (Å²) < 4.78 is 18.5. The number of aliphatic hydroxyl groups is 1. The van der Waals surface area contributed by atoms with Crippen LogP contribution in [0, 0.1) is 11.7 Å². The minimum atomic E-state index is -0.383. The van der Waals surface area contributed by atoms with E-state index in [1.807, 2.05) is 0 Å². The molecule has 1 aromatic carbocycles. The zero-order chi connectivity index (χ0) is 14.4. The van der Waals surface area contributed by atoms with Crippen molar-refractivity contribution in [2.45, 2.75) is 31.8 Å². The lowest BCUT2D eigenvalue weighted by Gasteiger charge is -2.27. The van der Waals surface area contributed by atoms with Gasteiger partial charge in [0.1, 0.15) is 12.4 Å². The molecule has 110 valence electrons. The van der Waals surface area contributed by atoms with Crippen LogP contribution < -0.4 is 5.32 Å². The molecule has 1 aliphatic rings. The summed E-state index contributed by atoms with van der Waals surface area (Å²) in [5.41, 5.74) is 0.433. The average molecular weight is 281 g/mol. The van der Waals surface area contributed by atoms with Crippen LogP contribution in [0.4, 0.5) is 10.1 Å². The van der Waals surface area contributed by atoms with Gasteiger partial charge < -0.3 is 15.2 Å². The molecule has 1 fully saturated rings. The van der Waals surface area contributed by atoms with Crippen molar-refractivity contribution in [3.63, 3.8) is 0 Å². The molecular formula is C15H20FNO3. The van der Waals surface area contributed by atoms with Gasteiger partial charge in [-0.15, -0.1) is 0 Å². The van der Waals surface area contributed by atoms with Crippen molar-refractivity contribution < 1.29 is 19.0 Å². The van der Waals surface area contributed by atoms with E-state index in [-0.39, 0.29) is 31.0 Å². The Bertz CT molecular complexity index is 444.